The Morgan fingerprint density at radius 3 is 2.46 bits per heavy atom. The minimum Gasteiger partial charge on any atom is -0.305 e. The normalized spacial score (nSPS) is 10.5. The molecule has 2 heterocycles. The van der Waals surface area contributed by atoms with Gasteiger partial charge in [0, 0.05) is 12.4 Å². The van der Waals surface area contributed by atoms with Crippen molar-refractivity contribution in [2.75, 3.05) is 10.6 Å². The molecule has 122 valence electrons. The highest BCUT2D eigenvalue weighted by Crippen LogP contribution is 2.19. The molecule has 0 bridgehead atoms. The van der Waals surface area contributed by atoms with Gasteiger partial charge in [-0.2, -0.15) is 0 Å². The number of aromatic nitrogens is 4. The molecule has 0 saturated heterocycles. The number of amides is 2. The van der Waals surface area contributed by atoms with Crippen LogP contribution in [0, 0.1) is 17.5 Å². The molecule has 7 nitrogen and oxygen atoms in total. The molecule has 10 heteroatoms. The van der Waals surface area contributed by atoms with E-state index in [4.69, 9.17) is 0 Å². The third-order valence-electron chi connectivity index (χ3n) is 2.91. The fraction of sp³-hybridized carbons (Fsp3) is 0. The minimum absolute atomic E-state index is 0.222. The predicted molar refractivity (Wildman–Crippen MR) is 78.1 cm³/mol. The maximum Gasteiger partial charge on any atom is 0.323 e. The van der Waals surface area contributed by atoms with E-state index in [1.165, 1.54) is 18.7 Å². The van der Waals surface area contributed by atoms with Gasteiger partial charge in [0.25, 0.3) is 0 Å². The zero-order valence-corrected chi connectivity index (χ0v) is 11.9. The molecule has 0 unspecified atom stereocenters. The van der Waals surface area contributed by atoms with Crippen LogP contribution in [0.1, 0.15) is 0 Å². The van der Waals surface area contributed by atoms with E-state index in [1.807, 2.05) is 0 Å². The van der Waals surface area contributed by atoms with E-state index in [9.17, 15) is 18.0 Å². The average Bonchev–Trinajstić information content (AvgIpc) is 3.11. The lowest BCUT2D eigenvalue weighted by Gasteiger charge is -2.09. The largest absolute Gasteiger partial charge is 0.323 e. The van der Waals surface area contributed by atoms with Crippen molar-refractivity contribution in [1.82, 2.24) is 19.5 Å². The summed E-state index contributed by atoms with van der Waals surface area (Å²) in [5.41, 5.74) is -0.276. The van der Waals surface area contributed by atoms with Crippen LogP contribution < -0.4 is 10.6 Å². The van der Waals surface area contributed by atoms with Gasteiger partial charge in [0.05, 0.1) is 23.8 Å². The molecule has 0 aliphatic carbocycles. The van der Waals surface area contributed by atoms with E-state index in [1.54, 1.807) is 17.0 Å². The zero-order chi connectivity index (χ0) is 17.1. The fourth-order valence-corrected chi connectivity index (χ4v) is 1.80. The van der Waals surface area contributed by atoms with Gasteiger partial charge < -0.3 is 10.6 Å². The number of halogens is 3. The van der Waals surface area contributed by atoms with Gasteiger partial charge in [-0.3, -0.25) is 4.57 Å². The number of anilines is 2. The highest BCUT2D eigenvalue weighted by Gasteiger charge is 2.15. The summed E-state index contributed by atoms with van der Waals surface area (Å²) in [6.45, 7) is 0. The van der Waals surface area contributed by atoms with E-state index in [0.29, 0.717) is 12.0 Å². The molecule has 24 heavy (non-hydrogen) atoms. The van der Waals surface area contributed by atoms with Gasteiger partial charge in [0.2, 0.25) is 5.95 Å². The second kappa shape index (κ2) is 6.36. The van der Waals surface area contributed by atoms with Crippen molar-refractivity contribution in [3.8, 4) is 5.95 Å². The van der Waals surface area contributed by atoms with Gasteiger partial charge in [0.15, 0.2) is 17.5 Å². The summed E-state index contributed by atoms with van der Waals surface area (Å²) in [4.78, 5) is 23.6. The quantitative estimate of drug-likeness (QED) is 0.721. The van der Waals surface area contributed by atoms with Crippen LogP contribution in [-0.4, -0.2) is 25.6 Å². The number of hydrogen-bond acceptors (Lipinski definition) is 4. The number of benzene rings is 1. The fourth-order valence-electron chi connectivity index (χ4n) is 1.80. The summed E-state index contributed by atoms with van der Waals surface area (Å²) in [6, 6.07) is 0.752. The number of rotatable bonds is 3. The van der Waals surface area contributed by atoms with Gasteiger partial charge in [-0.05, 0) is 12.1 Å². The molecule has 0 spiro atoms. The van der Waals surface area contributed by atoms with Crippen LogP contribution in [0.2, 0.25) is 0 Å². The molecule has 0 fully saturated rings. The lowest BCUT2D eigenvalue weighted by Crippen LogP contribution is -2.21. The number of nitrogens with one attached hydrogen (secondary N) is 2. The van der Waals surface area contributed by atoms with Crippen molar-refractivity contribution in [3.63, 3.8) is 0 Å². The van der Waals surface area contributed by atoms with Crippen molar-refractivity contribution in [2.24, 2.45) is 0 Å². The van der Waals surface area contributed by atoms with E-state index < -0.39 is 29.2 Å². The summed E-state index contributed by atoms with van der Waals surface area (Å²) in [5, 5.41) is 4.41. The Morgan fingerprint density at radius 1 is 1.04 bits per heavy atom. The summed E-state index contributed by atoms with van der Waals surface area (Å²) in [7, 11) is 0. The Kier molecular flexibility index (Phi) is 4.10. The first-order valence-electron chi connectivity index (χ1n) is 6.56. The highest BCUT2D eigenvalue weighted by atomic mass is 19.2. The standard InChI is InChI=1S/C14H9F3N6O/c15-9-1-2-10(12(17)11(9)16)22-14(24)21-8-5-19-13(20-6-8)23-4-3-18-7-23/h1-7H,(H2,21,22,24). The van der Waals surface area contributed by atoms with Crippen LogP contribution in [0.25, 0.3) is 5.95 Å². The molecule has 2 amide bonds. The van der Waals surface area contributed by atoms with Crippen LogP contribution in [0.5, 0.6) is 0 Å². The van der Waals surface area contributed by atoms with Crippen LogP contribution >= 0.6 is 0 Å². The van der Waals surface area contributed by atoms with Crippen molar-refractivity contribution in [1.29, 1.82) is 0 Å². The first-order chi connectivity index (χ1) is 11.5. The second-order valence-corrected chi connectivity index (χ2v) is 4.54. The molecule has 0 aliphatic heterocycles. The SMILES string of the molecule is O=C(Nc1cnc(-n2ccnc2)nc1)Nc1ccc(F)c(F)c1F. The number of nitrogens with zero attached hydrogens (tertiary/aromatic N) is 4. The molecule has 0 atom stereocenters. The molecule has 0 radical (unpaired) electrons. The van der Waals surface area contributed by atoms with E-state index in [0.717, 1.165) is 6.07 Å². The third kappa shape index (κ3) is 3.16. The summed E-state index contributed by atoms with van der Waals surface area (Å²) in [5.74, 6) is -4.16. The monoisotopic (exact) mass is 334 g/mol. The first kappa shape index (κ1) is 15.5. The summed E-state index contributed by atoms with van der Waals surface area (Å²) < 4.78 is 41.0. The van der Waals surface area contributed by atoms with Gasteiger partial charge in [0.1, 0.15) is 6.33 Å². The zero-order valence-electron chi connectivity index (χ0n) is 11.9. The van der Waals surface area contributed by atoms with Gasteiger partial charge >= 0.3 is 6.03 Å². The number of urea groups is 1. The first-order valence-corrected chi connectivity index (χ1v) is 6.56. The summed E-state index contributed by atoms with van der Waals surface area (Å²) in [6.07, 6.45) is 7.34. The molecule has 3 rings (SSSR count). The predicted octanol–water partition coefficient (Wildman–Crippen LogP) is 2.72. The highest BCUT2D eigenvalue weighted by molar-refractivity contribution is 5.99. The van der Waals surface area contributed by atoms with Gasteiger partial charge in [-0.1, -0.05) is 0 Å². The maximum absolute atomic E-state index is 13.5. The van der Waals surface area contributed by atoms with Crippen molar-refractivity contribution >= 4 is 17.4 Å². The molecule has 1 aromatic carbocycles. The molecule has 3 aromatic rings. The number of hydrogen-bond donors (Lipinski definition) is 2. The maximum atomic E-state index is 13.5. The van der Waals surface area contributed by atoms with Crippen molar-refractivity contribution < 1.29 is 18.0 Å². The van der Waals surface area contributed by atoms with Crippen molar-refractivity contribution in [2.45, 2.75) is 0 Å². The van der Waals surface area contributed by atoms with E-state index in [-0.39, 0.29) is 5.69 Å². The van der Waals surface area contributed by atoms with Crippen LogP contribution in [-0.2, 0) is 0 Å². The topological polar surface area (TPSA) is 84.7 Å². The number of carbonyl (C=O) groups is 1. The van der Waals surface area contributed by atoms with Gasteiger partial charge in [-0.25, -0.2) is 32.9 Å². The average molecular weight is 334 g/mol. The Balaban J connectivity index is 1.68. The van der Waals surface area contributed by atoms with Crippen LogP contribution in [0.3, 0.4) is 0 Å². The second-order valence-electron chi connectivity index (χ2n) is 4.54. The number of imidazole rings is 1. The molecular weight excluding hydrogens is 325 g/mol. The Bertz CT molecular complexity index is 867. The molecule has 2 aromatic heterocycles. The smallest absolute Gasteiger partial charge is 0.305 e. The Hall–Kier alpha value is -3.43. The Labute approximate surface area is 133 Å². The molecule has 2 N–H and O–H groups in total. The third-order valence-corrected chi connectivity index (χ3v) is 2.91. The summed E-state index contributed by atoms with van der Waals surface area (Å²) >= 11 is 0. The van der Waals surface area contributed by atoms with Crippen LogP contribution in [0.4, 0.5) is 29.3 Å². The lowest BCUT2D eigenvalue weighted by molar-refractivity contribution is 0.262. The lowest BCUT2D eigenvalue weighted by atomic mass is 10.3. The van der Waals surface area contributed by atoms with Crippen molar-refractivity contribution in [3.05, 3.63) is 60.7 Å². The molecule has 0 aliphatic rings. The Morgan fingerprint density at radius 2 is 1.79 bits per heavy atom. The van der Waals surface area contributed by atoms with E-state index >= 15 is 0 Å². The molecule has 0 saturated carbocycles. The number of carbonyl (C=O) groups excluding carboxylic acids is 1. The molecular formula is C14H9F3N6O. The van der Waals surface area contributed by atoms with E-state index in [2.05, 4.69) is 25.6 Å². The van der Waals surface area contributed by atoms with Gasteiger partial charge in [-0.15, -0.1) is 0 Å². The minimum atomic E-state index is -1.67. The van der Waals surface area contributed by atoms with Crippen LogP contribution in [0.15, 0.2) is 43.2 Å².